The number of hydrogen-bond acceptors (Lipinski definition) is 7. The number of aryl methyl sites for hydroxylation is 1. The average Bonchev–Trinajstić information content (AvgIpc) is 3.10. The smallest absolute Gasteiger partial charge is 0.343 e. The number of fused-ring (bicyclic) bond motifs is 1. The first-order valence-corrected chi connectivity index (χ1v) is 10.1. The number of carbonyl (C=O) groups excluding carboxylic acids is 2. The van der Waals surface area contributed by atoms with Crippen molar-refractivity contribution in [2.75, 3.05) is 11.5 Å². The molecule has 0 aliphatic rings. The van der Waals surface area contributed by atoms with Crippen LogP contribution in [-0.2, 0) is 6.42 Å². The summed E-state index contributed by atoms with van der Waals surface area (Å²) >= 11 is 0. The van der Waals surface area contributed by atoms with E-state index in [2.05, 4.69) is 0 Å². The monoisotopic (exact) mass is 430 g/mol. The Kier molecular flexibility index (Phi) is 5.55. The minimum Gasteiger partial charge on any atom is -0.504 e. The van der Waals surface area contributed by atoms with Gasteiger partial charge in [0, 0.05) is 34.8 Å². The van der Waals surface area contributed by atoms with Crippen molar-refractivity contribution < 1.29 is 23.8 Å². The minimum absolute atomic E-state index is 0.0599. The number of anilines is 2. The number of furan rings is 1. The van der Waals surface area contributed by atoms with Gasteiger partial charge in [-0.1, -0.05) is 25.1 Å². The number of ketones is 1. The second-order valence-electron chi connectivity index (χ2n) is 7.44. The molecule has 1 aromatic heterocycles. The van der Waals surface area contributed by atoms with Gasteiger partial charge >= 0.3 is 5.97 Å². The molecule has 0 unspecified atom stereocenters. The minimum atomic E-state index is -0.618. The number of hydrogen-bond donors (Lipinski definition) is 3. The predicted molar refractivity (Wildman–Crippen MR) is 122 cm³/mol. The molecule has 7 nitrogen and oxygen atoms in total. The predicted octanol–water partition coefficient (Wildman–Crippen LogP) is 4.71. The van der Waals surface area contributed by atoms with Crippen molar-refractivity contribution in [1.29, 1.82) is 0 Å². The van der Waals surface area contributed by atoms with Crippen LogP contribution in [0.1, 0.15) is 45.4 Å². The lowest BCUT2D eigenvalue weighted by atomic mass is 9.97. The topological polar surface area (TPSA) is 129 Å². The number of aromatic hydroxyl groups is 1. The summed E-state index contributed by atoms with van der Waals surface area (Å²) in [7, 11) is 0. The maximum atomic E-state index is 13.3. The number of rotatable bonds is 6. The van der Waals surface area contributed by atoms with Gasteiger partial charge < -0.3 is 25.7 Å². The van der Waals surface area contributed by atoms with Crippen LogP contribution in [0.3, 0.4) is 0 Å². The molecule has 0 amide bonds. The molecule has 32 heavy (non-hydrogen) atoms. The van der Waals surface area contributed by atoms with Gasteiger partial charge in [0.25, 0.3) is 0 Å². The molecule has 0 saturated heterocycles. The highest BCUT2D eigenvalue weighted by atomic mass is 16.5. The molecule has 0 fully saturated rings. The van der Waals surface area contributed by atoms with Crippen molar-refractivity contribution >= 4 is 34.1 Å². The van der Waals surface area contributed by atoms with Gasteiger partial charge in [-0.15, -0.1) is 0 Å². The molecule has 7 heteroatoms. The van der Waals surface area contributed by atoms with E-state index in [0.29, 0.717) is 51.2 Å². The fraction of sp³-hybridized carbons (Fsp3) is 0.120. The van der Waals surface area contributed by atoms with Crippen LogP contribution >= 0.6 is 0 Å². The van der Waals surface area contributed by atoms with E-state index in [1.165, 1.54) is 12.1 Å². The normalized spacial score (nSPS) is 10.9. The number of nitrogen functional groups attached to an aromatic ring is 2. The van der Waals surface area contributed by atoms with Gasteiger partial charge in [0.15, 0.2) is 17.3 Å². The van der Waals surface area contributed by atoms with Crippen LogP contribution in [0.25, 0.3) is 11.0 Å². The third-order valence-electron chi connectivity index (χ3n) is 5.00. The first-order chi connectivity index (χ1) is 15.4. The lowest BCUT2D eigenvalue weighted by Crippen LogP contribution is -2.08. The summed E-state index contributed by atoms with van der Waals surface area (Å²) in [6, 6.07) is 15.9. The zero-order valence-corrected chi connectivity index (χ0v) is 17.4. The Morgan fingerprint density at radius 3 is 2.31 bits per heavy atom. The number of benzene rings is 3. The summed E-state index contributed by atoms with van der Waals surface area (Å²) in [6.07, 6.45) is 1.24. The average molecular weight is 430 g/mol. The first-order valence-electron chi connectivity index (χ1n) is 10.1. The number of phenols is 1. The molecule has 0 aliphatic carbocycles. The maximum absolute atomic E-state index is 13.3. The van der Waals surface area contributed by atoms with E-state index in [1.807, 2.05) is 6.92 Å². The Hall–Kier alpha value is -4.26. The third kappa shape index (κ3) is 4.00. The van der Waals surface area contributed by atoms with Crippen molar-refractivity contribution in [3.05, 3.63) is 83.1 Å². The third-order valence-corrected chi connectivity index (χ3v) is 5.00. The van der Waals surface area contributed by atoms with Gasteiger partial charge in [0.05, 0.1) is 11.1 Å². The highest BCUT2D eigenvalue weighted by molar-refractivity contribution is 6.17. The van der Waals surface area contributed by atoms with Crippen LogP contribution in [0.15, 0.2) is 65.1 Å². The van der Waals surface area contributed by atoms with E-state index in [4.69, 9.17) is 20.6 Å². The molecule has 0 bridgehead atoms. The van der Waals surface area contributed by atoms with Crippen LogP contribution in [0.4, 0.5) is 11.4 Å². The summed E-state index contributed by atoms with van der Waals surface area (Å²) in [4.78, 5) is 25.7. The second-order valence-corrected chi connectivity index (χ2v) is 7.44. The van der Waals surface area contributed by atoms with Gasteiger partial charge in [-0.25, -0.2) is 4.79 Å². The van der Waals surface area contributed by atoms with E-state index >= 15 is 0 Å². The fourth-order valence-corrected chi connectivity index (χ4v) is 3.58. The molecule has 3 aromatic carbocycles. The standard InChI is InChI=1S/C25H22N2O5/c1-2-6-20-23(24(29)15-9-16(26)11-17(27)10-15)18-12-19(28)22(13-21(18)31-20)32-25(30)14-7-4-3-5-8-14/h3-5,7-13,28H,2,6,26-27H2,1H3. The highest BCUT2D eigenvalue weighted by Crippen LogP contribution is 2.38. The van der Waals surface area contributed by atoms with Gasteiger partial charge in [-0.05, 0) is 42.8 Å². The molecule has 0 atom stereocenters. The highest BCUT2D eigenvalue weighted by Gasteiger charge is 2.24. The largest absolute Gasteiger partial charge is 0.504 e. The van der Waals surface area contributed by atoms with E-state index in [0.717, 1.165) is 6.42 Å². The molecule has 0 radical (unpaired) electrons. The number of phenolic OH excluding ortho intramolecular Hbond substituents is 1. The first kappa shape index (κ1) is 21.0. The summed E-state index contributed by atoms with van der Waals surface area (Å²) in [6.45, 7) is 1.96. The molecule has 0 spiro atoms. The van der Waals surface area contributed by atoms with Gasteiger partial charge in [-0.2, -0.15) is 0 Å². The summed E-state index contributed by atoms with van der Waals surface area (Å²) in [5.41, 5.74) is 13.8. The van der Waals surface area contributed by atoms with Gasteiger partial charge in [0.1, 0.15) is 11.3 Å². The van der Waals surface area contributed by atoms with Crippen LogP contribution in [0.2, 0.25) is 0 Å². The molecule has 1 heterocycles. The SMILES string of the molecule is CCCc1oc2cc(OC(=O)c3ccccc3)c(O)cc2c1C(=O)c1cc(N)cc(N)c1. The number of ether oxygens (including phenoxy) is 1. The Bertz CT molecular complexity index is 1310. The second kappa shape index (κ2) is 8.47. The van der Waals surface area contributed by atoms with Gasteiger partial charge in [0.2, 0.25) is 0 Å². The van der Waals surface area contributed by atoms with Crippen molar-refractivity contribution in [3.8, 4) is 11.5 Å². The molecular formula is C25H22N2O5. The Balaban J connectivity index is 1.78. The molecule has 162 valence electrons. The van der Waals surface area contributed by atoms with Crippen LogP contribution in [0, 0.1) is 0 Å². The van der Waals surface area contributed by atoms with E-state index in [-0.39, 0.29) is 17.3 Å². The molecule has 4 aromatic rings. The molecule has 0 saturated carbocycles. The van der Waals surface area contributed by atoms with Crippen molar-refractivity contribution in [2.45, 2.75) is 19.8 Å². The Labute approximate surface area is 184 Å². The lowest BCUT2D eigenvalue weighted by Gasteiger charge is -2.07. The number of carbonyl (C=O) groups is 2. The molecule has 0 aliphatic heterocycles. The van der Waals surface area contributed by atoms with Crippen LogP contribution < -0.4 is 16.2 Å². The zero-order valence-electron chi connectivity index (χ0n) is 17.4. The van der Waals surface area contributed by atoms with Gasteiger partial charge in [-0.3, -0.25) is 4.79 Å². The van der Waals surface area contributed by atoms with Crippen molar-refractivity contribution in [3.63, 3.8) is 0 Å². The zero-order chi connectivity index (χ0) is 22.8. The van der Waals surface area contributed by atoms with Crippen LogP contribution in [-0.4, -0.2) is 16.9 Å². The molecule has 4 rings (SSSR count). The van der Waals surface area contributed by atoms with Crippen molar-refractivity contribution in [1.82, 2.24) is 0 Å². The molecule has 5 N–H and O–H groups in total. The lowest BCUT2D eigenvalue weighted by molar-refractivity contribution is 0.0729. The Morgan fingerprint density at radius 1 is 0.969 bits per heavy atom. The quantitative estimate of drug-likeness (QED) is 0.175. The Morgan fingerprint density at radius 2 is 1.66 bits per heavy atom. The van der Waals surface area contributed by atoms with E-state index in [1.54, 1.807) is 48.5 Å². The fourth-order valence-electron chi connectivity index (χ4n) is 3.58. The maximum Gasteiger partial charge on any atom is 0.343 e. The summed E-state index contributed by atoms with van der Waals surface area (Å²) in [5, 5.41) is 11.0. The molecular weight excluding hydrogens is 408 g/mol. The van der Waals surface area contributed by atoms with Crippen molar-refractivity contribution in [2.24, 2.45) is 0 Å². The summed E-state index contributed by atoms with van der Waals surface area (Å²) in [5.74, 6) is -0.812. The summed E-state index contributed by atoms with van der Waals surface area (Å²) < 4.78 is 11.3. The van der Waals surface area contributed by atoms with E-state index < -0.39 is 5.97 Å². The van der Waals surface area contributed by atoms with Crippen LogP contribution in [0.5, 0.6) is 11.5 Å². The number of esters is 1. The van der Waals surface area contributed by atoms with E-state index in [9.17, 15) is 14.7 Å². The number of nitrogens with two attached hydrogens (primary N) is 2.